The number of anilines is 1. The summed E-state index contributed by atoms with van der Waals surface area (Å²) >= 11 is 5.95. The molecule has 0 spiro atoms. The SMILES string of the molecule is CC(C)C(C)N(C)c1nccnc1Cl. The van der Waals surface area contributed by atoms with E-state index in [0.29, 0.717) is 17.1 Å². The van der Waals surface area contributed by atoms with Crippen molar-refractivity contribution in [1.29, 1.82) is 0 Å². The molecule has 0 bridgehead atoms. The minimum atomic E-state index is 0.393. The lowest BCUT2D eigenvalue weighted by Gasteiger charge is -2.28. The molecule has 0 fully saturated rings. The minimum Gasteiger partial charge on any atom is -0.354 e. The van der Waals surface area contributed by atoms with E-state index in [4.69, 9.17) is 11.6 Å². The quantitative estimate of drug-likeness (QED) is 0.773. The largest absolute Gasteiger partial charge is 0.354 e. The van der Waals surface area contributed by atoms with Crippen LogP contribution in [0.5, 0.6) is 0 Å². The van der Waals surface area contributed by atoms with E-state index in [2.05, 4.69) is 35.6 Å². The molecule has 0 radical (unpaired) electrons. The molecule has 0 aromatic carbocycles. The highest BCUT2D eigenvalue weighted by molar-refractivity contribution is 6.31. The Hall–Kier alpha value is -0.830. The van der Waals surface area contributed by atoms with Crippen molar-refractivity contribution in [3.8, 4) is 0 Å². The van der Waals surface area contributed by atoms with Crippen molar-refractivity contribution in [2.45, 2.75) is 26.8 Å². The van der Waals surface area contributed by atoms with Crippen LogP contribution in [0.1, 0.15) is 20.8 Å². The summed E-state index contributed by atoms with van der Waals surface area (Å²) < 4.78 is 0. The van der Waals surface area contributed by atoms with Crippen LogP contribution in [-0.2, 0) is 0 Å². The molecule has 0 aliphatic carbocycles. The first-order valence-corrected chi connectivity index (χ1v) is 5.11. The van der Waals surface area contributed by atoms with Gasteiger partial charge in [0.1, 0.15) is 0 Å². The van der Waals surface area contributed by atoms with Crippen molar-refractivity contribution in [2.75, 3.05) is 11.9 Å². The first-order valence-electron chi connectivity index (χ1n) is 4.73. The third kappa shape index (κ3) is 2.35. The average Bonchev–Trinajstić information content (AvgIpc) is 2.16. The molecule has 1 aromatic rings. The van der Waals surface area contributed by atoms with Crippen LogP contribution in [0.25, 0.3) is 0 Å². The van der Waals surface area contributed by atoms with E-state index < -0.39 is 0 Å². The Morgan fingerprint density at radius 2 is 1.79 bits per heavy atom. The zero-order valence-corrected chi connectivity index (χ0v) is 9.78. The zero-order valence-electron chi connectivity index (χ0n) is 9.03. The molecule has 0 aliphatic heterocycles. The molecule has 1 atom stereocenters. The Balaban J connectivity index is 2.89. The summed E-state index contributed by atoms with van der Waals surface area (Å²) in [5.74, 6) is 1.30. The number of nitrogens with zero attached hydrogens (tertiary/aromatic N) is 3. The van der Waals surface area contributed by atoms with Crippen molar-refractivity contribution >= 4 is 17.4 Å². The van der Waals surface area contributed by atoms with Gasteiger partial charge in [0.2, 0.25) is 0 Å². The van der Waals surface area contributed by atoms with Crippen LogP contribution in [0.2, 0.25) is 5.15 Å². The van der Waals surface area contributed by atoms with Gasteiger partial charge in [0, 0.05) is 25.5 Å². The normalized spacial score (nSPS) is 13.0. The molecule has 1 heterocycles. The second kappa shape index (κ2) is 4.60. The lowest BCUT2D eigenvalue weighted by Crippen LogP contribution is -2.34. The fourth-order valence-electron chi connectivity index (χ4n) is 1.19. The van der Waals surface area contributed by atoms with E-state index in [1.807, 2.05) is 7.05 Å². The van der Waals surface area contributed by atoms with Crippen LogP contribution in [0, 0.1) is 5.92 Å². The number of hydrogen-bond acceptors (Lipinski definition) is 3. The Morgan fingerprint density at radius 3 is 2.29 bits per heavy atom. The summed E-state index contributed by atoms with van der Waals surface area (Å²) in [7, 11) is 1.99. The smallest absolute Gasteiger partial charge is 0.171 e. The van der Waals surface area contributed by atoms with E-state index in [1.54, 1.807) is 12.4 Å². The van der Waals surface area contributed by atoms with Gasteiger partial charge in [-0.3, -0.25) is 0 Å². The predicted octanol–water partition coefficient (Wildman–Crippen LogP) is 2.61. The fourth-order valence-corrected chi connectivity index (χ4v) is 1.43. The fraction of sp³-hybridized carbons (Fsp3) is 0.600. The molecule has 1 rings (SSSR count). The van der Waals surface area contributed by atoms with Crippen LogP contribution in [-0.4, -0.2) is 23.1 Å². The predicted molar refractivity (Wildman–Crippen MR) is 59.7 cm³/mol. The van der Waals surface area contributed by atoms with Gasteiger partial charge < -0.3 is 4.90 Å². The topological polar surface area (TPSA) is 29.0 Å². The van der Waals surface area contributed by atoms with Gasteiger partial charge in [0.25, 0.3) is 0 Å². The van der Waals surface area contributed by atoms with Gasteiger partial charge in [-0.2, -0.15) is 0 Å². The first-order chi connectivity index (χ1) is 6.54. The van der Waals surface area contributed by atoms with Gasteiger partial charge in [0.05, 0.1) is 0 Å². The van der Waals surface area contributed by atoms with Crippen LogP contribution in [0.3, 0.4) is 0 Å². The van der Waals surface area contributed by atoms with Gasteiger partial charge in [-0.1, -0.05) is 25.4 Å². The van der Waals surface area contributed by atoms with Crippen molar-refractivity contribution in [3.05, 3.63) is 17.5 Å². The van der Waals surface area contributed by atoms with E-state index >= 15 is 0 Å². The summed E-state index contributed by atoms with van der Waals surface area (Å²) in [6.07, 6.45) is 3.25. The molecule has 78 valence electrons. The molecule has 0 saturated heterocycles. The van der Waals surface area contributed by atoms with Crippen molar-refractivity contribution in [1.82, 2.24) is 9.97 Å². The van der Waals surface area contributed by atoms with Gasteiger partial charge in [-0.25, -0.2) is 9.97 Å². The summed E-state index contributed by atoms with van der Waals surface area (Å²) in [5.41, 5.74) is 0. The summed E-state index contributed by atoms with van der Waals surface area (Å²) in [4.78, 5) is 10.3. The number of aromatic nitrogens is 2. The maximum atomic E-state index is 5.95. The number of rotatable bonds is 3. The highest BCUT2D eigenvalue weighted by Crippen LogP contribution is 2.22. The standard InChI is InChI=1S/C10H16ClN3/c1-7(2)8(3)14(4)10-9(11)12-5-6-13-10/h5-8H,1-4H3. The third-order valence-corrected chi connectivity index (χ3v) is 2.81. The Kier molecular flexibility index (Phi) is 3.69. The van der Waals surface area contributed by atoms with E-state index in [9.17, 15) is 0 Å². The molecule has 1 unspecified atom stereocenters. The lowest BCUT2D eigenvalue weighted by molar-refractivity contribution is 0.502. The van der Waals surface area contributed by atoms with Gasteiger partial charge in [-0.05, 0) is 12.8 Å². The third-order valence-electron chi connectivity index (χ3n) is 2.55. The molecule has 0 aliphatic rings. The monoisotopic (exact) mass is 213 g/mol. The Labute approximate surface area is 90.1 Å². The number of halogens is 1. The molecule has 0 saturated carbocycles. The van der Waals surface area contributed by atoms with Crippen LogP contribution in [0.15, 0.2) is 12.4 Å². The van der Waals surface area contributed by atoms with Gasteiger partial charge >= 0.3 is 0 Å². The molecule has 4 heteroatoms. The molecular weight excluding hydrogens is 198 g/mol. The first kappa shape index (κ1) is 11.2. The van der Waals surface area contributed by atoms with Gasteiger partial charge in [0.15, 0.2) is 11.0 Å². The molecular formula is C10H16ClN3. The summed E-state index contributed by atoms with van der Waals surface area (Å²) in [6, 6.07) is 0.393. The van der Waals surface area contributed by atoms with E-state index in [-0.39, 0.29) is 0 Å². The summed E-state index contributed by atoms with van der Waals surface area (Å²) in [6.45, 7) is 6.49. The average molecular weight is 214 g/mol. The Bertz CT molecular complexity index is 301. The van der Waals surface area contributed by atoms with Crippen LogP contribution >= 0.6 is 11.6 Å². The Morgan fingerprint density at radius 1 is 1.21 bits per heavy atom. The molecule has 0 amide bonds. The van der Waals surface area contributed by atoms with E-state index in [0.717, 1.165) is 5.82 Å². The number of hydrogen-bond donors (Lipinski definition) is 0. The summed E-state index contributed by atoms with van der Waals surface area (Å²) in [5, 5.41) is 0.461. The van der Waals surface area contributed by atoms with Crippen molar-refractivity contribution in [3.63, 3.8) is 0 Å². The highest BCUT2D eigenvalue weighted by Gasteiger charge is 2.17. The maximum absolute atomic E-state index is 5.95. The molecule has 3 nitrogen and oxygen atoms in total. The lowest BCUT2D eigenvalue weighted by atomic mass is 10.1. The van der Waals surface area contributed by atoms with Gasteiger partial charge in [-0.15, -0.1) is 0 Å². The molecule has 14 heavy (non-hydrogen) atoms. The van der Waals surface area contributed by atoms with Crippen molar-refractivity contribution in [2.24, 2.45) is 5.92 Å². The highest BCUT2D eigenvalue weighted by atomic mass is 35.5. The van der Waals surface area contributed by atoms with Crippen LogP contribution < -0.4 is 4.90 Å². The molecule has 1 aromatic heterocycles. The second-order valence-corrected chi connectivity index (χ2v) is 4.12. The molecule has 0 N–H and O–H groups in total. The van der Waals surface area contributed by atoms with E-state index in [1.165, 1.54) is 0 Å². The minimum absolute atomic E-state index is 0.393. The zero-order chi connectivity index (χ0) is 10.7. The second-order valence-electron chi connectivity index (χ2n) is 3.77. The maximum Gasteiger partial charge on any atom is 0.171 e. The van der Waals surface area contributed by atoms with Crippen LogP contribution in [0.4, 0.5) is 5.82 Å². The van der Waals surface area contributed by atoms with Crippen molar-refractivity contribution < 1.29 is 0 Å².